The van der Waals surface area contributed by atoms with Gasteiger partial charge >= 0.3 is 0 Å². The summed E-state index contributed by atoms with van der Waals surface area (Å²) in [6.07, 6.45) is 0.393. The number of nitrogens with zero attached hydrogens (tertiary/aromatic N) is 1. The number of likely N-dealkylation sites (N-methyl/N-ethyl adjacent to an activating group) is 1. The third-order valence-electron chi connectivity index (χ3n) is 3.22. The second-order valence-corrected chi connectivity index (χ2v) is 4.82. The van der Waals surface area contributed by atoms with Gasteiger partial charge in [-0.2, -0.15) is 0 Å². The molecule has 2 heteroatoms. The van der Waals surface area contributed by atoms with Crippen molar-refractivity contribution >= 4 is 0 Å². The van der Waals surface area contributed by atoms with Crippen LogP contribution in [0.3, 0.4) is 0 Å². The highest BCUT2D eigenvalue weighted by atomic mass is 16.5. The van der Waals surface area contributed by atoms with Gasteiger partial charge in [0, 0.05) is 13.1 Å². The molecule has 1 fully saturated rings. The lowest BCUT2D eigenvalue weighted by Gasteiger charge is -2.38. The van der Waals surface area contributed by atoms with Crippen molar-refractivity contribution in [3.8, 4) is 5.75 Å². The number of likely N-dealkylation sites (tertiary alicyclic amines) is 1. The zero-order chi connectivity index (χ0) is 11.5. The molecule has 0 aromatic heterocycles. The van der Waals surface area contributed by atoms with Gasteiger partial charge in [-0.3, -0.25) is 4.90 Å². The molecule has 1 aliphatic heterocycles. The van der Waals surface area contributed by atoms with Crippen molar-refractivity contribution < 1.29 is 4.74 Å². The molecular formula is C14H21NO. The van der Waals surface area contributed by atoms with E-state index in [-0.39, 0.29) is 0 Å². The van der Waals surface area contributed by atoms with Crippen LogP contribution in [-0.2, 0) is 0 Å². The van der Waals surface area contributed by atoms with Crippen LogP contribution >= 0.6 is 0 Å². The Balaban J connectivity index is 1.86. The second kappa shape index (κ2) is 4.88. The van der Waals surface area contributed by atoms with Crippen molar-refractivity contribution in [3.05, 3.63) is 29.8 Å². The Hall–Kier alpha value is -1.02. The molecule has 0 amide bonds. The first kappa shape index (κ1) is 11.5. The molecule has 0 unspecified atom stereocenters. The van der Waals surface area contributed by atoms with Gasteiger partial charge < -0.3 is 4.74 Å². The monoisotopic (exact) mass is 219 g/mol. The van der Waals surface area contributed by atoms with Gasteiger partial charge in [0.2, 0.25) is 0 Å². The van der Waals surface area contributed by atoms with Gasteiger partial charge in [0.05, 0.1) is 0 Å². The first-order chi connectivity index (χ1) is 7.69. The van der Waals surface area contributed by atoms with Gasteiger partial charge in [0.25, 0.3) is 0 Å². The van der Waals surface area contributed by atoms with Gasteiger partial charge in [-0.1, -0.05) is 32.9 Å². The molecule has 1 aliphatic rings. The fourth-order valence-corrected chi connectivity index (χ4v) is 1.98. The molecule has 0 spiro atoms. The molecule has 2 nitrogen and oxygen atoms in total. The smallest absolute Gasteiger partial charge is 0.124 e. The molecular weight excluding hydrogens is 198 g/mol. The normalized spacial score (nSPS) is 17.5. The molecule has 0 bridgehead atoms. The van der Waals surface area contributed by atoms with Crippen LogP contribution in [0.25, 0.3) is 0 Å². The van der Waals surface area contributed by atoms with E-state index in [1.165, 1.54) is 5.56 Å². The summed E-state index contributed by atoms with van der Waals surface area (Å²) < 4.78 is 5.88. The van der Waals surface area contributed by atoms with E-state index in [1.54, 1.807) is 0 Å². The quantitative estimate of drug-likeness (QED) is 0.772. The van der Waals surface area contributed by atoms with Crippen molar-refractivity contribution in [2.45, 2.75) is 32.8 Å². The van der Waals surface area contributed by atoms with E-state index in [9.17, 15) is 0 Å². The number of ether oxygens (including phenoxy) is 1. The molecule has 1 heterocycles. The van der Waals surface area contributed by atoms with E-state index in [1.807, 2.05) is 0 Å². The molecule has 2 rings (SSSR count). The Bertz CT molecular complexity index is 325. The Kier molecular flexibility index (Phi) is 3.49. The van der Waals surface area contributed by atoms with E-state index >= 15 is 0 Å². The Morgan fingerprint density at radius 3 is 2.38 bits per heavy atom. The summed E-state index contributed by atoms with van der Waals surface area (Å²) in [5.41, 5.74) is 1.37. The third-order valence-corrected chi connectivity index (χ3v) is 3.22. The van der Waals surface area contributed by atoms with Crippen LogP contribution in [0.4, 0.5) is 0 Å². The molecule has 0 atom stereocenters. The fraction of sp³-hybridized carbons (Fsp3) is 0.571. The van der Waals surface area contributed by atoms with E-state index in [4.69, 9.17) is 4.74 Å². The van der Waals surface area contributed by atoms with Gasteiger partial charge in [-0.15, -0.1) is 0 Å². The van der Waals surface area contributed by atoms with Gasteiger partial charge in [0.15, 0.2) is 0 Å². The van der Waals surface area contributed by atoms with Crippen LogP contribution in [0.2, 0.25) is 0 Å². The second-order valence-electron chi connectivity index (χ2n) is 4.82. The first-order valence-corrected chi connectivity index (χ1v) is 6.18. The highest BCUT2D eigenvalue weighted by Gasteiger charge is 2.26. The summed E-state index contributed by atoms with van der Waals surface area (Å²) in [4.78, 5) is 2.38. The van der Waals surface area contributed by atoms with Crippen molar-refractivity contribution in [3.63, 3.8) is 0 Å². The fourth-order valence-electron chi connectivity index (χ4n) is 1.98. The number of rotatable bonds is 4. The number of benzene rings is 1. The van der Waals surface area contributed by atoms with Crippen LogP contribution < -0.4 is 4.74 Å². The lowest BCUT2D eigenvalue weighted by Crippen LogP contribution is -2.53. The summed E-state index contributed by atoms with van der Waals surface area (Å²) in [6.45, 7) is 9.88. The molecule has 0 saturated carbocycles. The maximum absolute atomic E-state index is 5.88. The van der Waals surface area contributed by atoms with E-state index < -0.39 is 0 Å². The molecule has 0 aliphatic carbocycles. The minimum atomic E-state index is 0.393. The molecule has 88 valence electrons. The predicted molar refractivity (Wildman–Crippen MR) is 67.1 cm³/mol. The predicted octanol–water partition coefficient (Wildman–Crippen LogP) is 2.89. The SMILES string of the molecule is CCN1CC(Oc2ccc(C(C)C)cc2)C1. The first-order valence-electron chi connectivity index (χ1n) is 6.18. The van der Waals surface area contributed by atoms with Crippen molar-refractivity contribution in [2.24, 2.45) is 0 Å². The average molecular weight is 219 g/mol. The lowest BCUT2D eigenvalue weighted by atomic mass is 10.0. The van der Waals surface area contributed by atoms with Crippen LogP contribution in [0.15, 0.2) is 24.3 Å². The highest BCUT2D eigenvalue weighted by Crippen LogP contribution is 2.21. The molecule has 1 saturated heterocycles. The summed E-state index contributed by atoms with van der Waals surface area (Å²) >= 11 is 0. The number of hydrogen-bond donors (Lipinski definition) is 0. The van der Waals surface area contributed by atoms with Crippen molar-refractivity contribution in [1.29, 1.82) is 0 Å². The average Bonchev–Trinajstić information content (AvgIpc) is 2.23. The molecule has 16 heavy (non-hydrogen) atoms. The van der Waals surface area contributed by atoms with Crippen molar-refractivity contribution in [2.75, 3.05) is 19.6 Å². The molecule has 0 radical (unpaired) electrons. The van der Waals surface area contributed by atoms with E-state index in [0.717, 1.165) is 25.4 Å². The summed E-state index contributed by atoms with van der Waals surface area (Å²) in [5.74, 6) is 1.60. The van der Waals surface area contributed by atoms with Crippen molar-refractivity contribution in [1.82, 2.24) is 4.90 Å². The third kappa shape index (κ3) is 2.56. The summed E-state index contributed by atoms with van der Waals surface area (Å²) in [5, 5.41) is 0. The van der Waals surface area contributed by atoms with E-state index in [0.29, 0.717) is 12.0 Å². The van der Waals surface area contributed by atoms with Crippen LogP contribution in [-0.4, -0.2) is 30.6 Å². The van der Waals surface area contributed by atoms with Crippen LogP contribution in [0.5, 0.6) is 5.75 Å². The minimum Gasteiger partial charge on any atom is -0.488 e. The molecule has 1 aromatic carbocycles. The standard InChI is InChI=1S/C14H21NO/c1-4-15-9-14(10-15)16-13-7-5-12(6-8-13)11(2)3/h5-8,11,14H,4,9-10H2,1-3H3. The Morgan fingerprint density at radius 2 is 1.88 bits per heavy atom. The Labute approximate surface area is 98.2 Å². The summed E-state index contributed by atoms with van der Waals surface area (Å²) in [7, 11) is 0. The van der Waals surface area contributed by atoms with Crippen LogP contribution in [0.1, 0.15) is 32.3 Å². The largest absolute Gasteiger partial charge is 0.488 e. The van der Waals surface area contributed by atoms with Gasteiger partial charge in [-0.05, 0) is 30.2 Å². The van der Waals surface area contributed by atoms with Crippen LogP contribution in [0, 0.1) is 0 Å². The number of hydrogen-bond acceptors (Lipinski definition) is 2. The van der Waals surface area contributed by atoms with Gasteiger partial charge in [0.1, 0.15) is 11.9 Å². The lowest BCUT2D eigenvalue weighted by molar-refractivity contribution is 0.0238. The minimum absolute atomic E-state index is 0.393. The zero-order valence-electron chi connectivity index (χ0n) is 10.4. The maximum atomic E-state index is 5.88. The molecule has 0 N–H and O–H groups in total. The van der Waals surface area contributed by atoms with E-state index in [2.05, 4.69) is 49.9 Å². The molecule has 1 aromatic rings. The summed E-state index contributed by atoms with van der Waals surface area (Å²) in [6, 6.07) is 8.50. The van der Waals surface area contributed by atoms with Gasteiger partial charge in [-0.25, -0.2) is 0 Å². The highest BCUT2D eigenvalue weighted by molar-refractivity contribution is 5.29. The maximum Gasteiger partial charge on any atom is 0.124 e. The zero-order valence-corrected chi connectivity index (χ0v) is 10.4. The topological polar surface area (TPSA) is 12.5 Å². The Morgan fingerprint density at radius 1 is 1.25 bits per heavy atom.